The van der Waals surface area contributed by atoms with Gasteiger partial charge in [0.25, 0.3) is 11.5 Å². The summed E-state index contributed by atoms with van der Waals surface area (Å²) in [5.41, 5.74) is 0.898. The third kappa shape index (κ3) is 2.90. The number of nitrogens with one attached hydrogen (secondary N) is 1. The van der Waals surface area contributed by atoms with Gasteiger partial charge in [-0.1, -0.05) is 47.7 Å². The number of rotatable bonds is 3. The van der Waals surface area contributed by atoms with Gasteiger partial charge >= 0.3 is 0 Å². The molecule has 0 aliphatic rings. The molecule has 0 aliphatic heterocycles. The minimum Gasteiger partial charge on any atom is -0.296 e. The first-order chi connectivity index (χ1) is 12.2. The van der Waals surface area contributed by atoms with E-state index >= 15 is 0 Å². The lowest BCUT2D eigenvalue weighted by molar-refractivity contribution is 0.102. The molecule has 0 bridgehead atoms. The third-order valence-corrected chi connectivity index (χ3v) is 4.41. The van der Waals surface area contributed by atoms with E-state index in [1.807, 2.05) is 30.3 Å². The first-order valence-electron chi connectivity index (χ1n) is 7.39. The Morgan fingerprint density at radius 3 is 2.68 bits per heavy atom. The van der Waals surface area contributed by atoms with Crippen molar-refractivity contribution in [2.45, 2.75) is 0 Å². The van der Waals surface area contributed by atoms with Crippen LogP contribution in [0.2, 0.25) is 0 Å². The van der Waals surface area contributed by atoms with Crippen LogP contribution in [0.3, 0.4) is 0 Å². The number of nitrogens with zero attached hydrogens (tertiary/aromatic N) is 4. The van der Waals surface area contributed by atoms with Gasteiger partial charge < -0.3 is 0 Å². The van der Waals surface area contributed by atoms with Crippen molar-refractivity contribution < 1.29 is 4.79 Å². The number of amides is 1. The summed E-state index contributed by atoms with van der Waals surface area (Å²) in [5, 5.41) is 11.6. The van der Waals surface area contributed by atoms with Gasteiger partial charge in [0.1, 0.15) is 16.2 Å². The van der Waals surface area contributed by atoms with E-state index in [1.54, 1.807) is 24.4 Å². The summed E-state index contributed by atoms with van der Waals surface area (Å²) in [7, 11) is 0. The maximum Gasteiger partial charge on any atom is 0.270 e. The van der Waals surface area contributed by atoms with Crippen LogP contribution in [0.4, 0.5) is 5.13 Å². The molecule has 0 radical (unpaired) electrons. The maximum absolute atomic E-state index is 12.4. The second-order valence-corrected chi connectivity index (χ2v) is 6.12. The van der Waals surface area contributed by atoms with Crippen LogP contribution in [-0.4, -0.2) is 25.5 Å². The monoisotopic (exact) mass is 349 g/mol. The Bertz CT molecular complexity index is 1120. The zero-order valence-electron chi connectivity index (χ0n) is 12.8. The van der Waals surface area contributed by atoms with E-state index in [1.165, 1.54) is 21.9 Å². The van der Waals surface area contributed by atoms with Crippen molar-refractivity contribution in [1.29, 1.82) is 0 Å². The average molecular weight is 349 g/mol. The Morgan fingerprint density at radius 1 is 1.04 bits per heavy atom. The van der Waals surface area contributed by atoms with Gasteiger partial charge in [-0.15, -0.1) is 10.2 Å². The summed E-state index contributed by atoms with van der Waals surface area (Å²) in [5.74, 6) is -0.563. The van der Waals surface area contributed by atoms with Gasteiger partial charge in [0, 0.05) is 18.0 Å². The fourth-order valence-corrected chi connectivity index (χ4v) is 3.06. The molecule has 8 heteroatoms. The first kappa shape index (κ1) is 15.2. The van der Waals surface area contributed by atoms with Crippen molar-refractivity contribution in [3.05, 3.63) is 76.8 Å². The van der Waals surface area contributed by atoms with E-state index in [-0.39, 0.29) is 5.56 Å². The molecule has 0 fully saturated rings. The summed E-state index contributed by atoms with van der Waals surface area (Å²) in [4.78, 5) is 28.9. The molecule has 0 spiro atoms. The zero-order valence-corrected chi connectivity index (χ0v) is 13.6. The molecular formula is C17H11N5O2S. The fourth-order valence-electron chi connectivity index (χ4n) is 2.32. The number of pyridine rings is 1. The van der Waals surface area contributed by atoms with Gasteiger partial charge in [-0.05, 0) is 12.1 Å². The maximum atomic E-state index is 12.4. The van der Waals surface area contributed by atoms with E-state index < -0.39 is 11.5 Å². The number of aromatic nitrogens is 4. The molecule has 1 aromatic carbocycles. The molecule has 1 N–H and O–H groups in total. The molecule has 0 atom stereocenters. The van der Waals surface area contributed by atoms with Crippen molar-refractivity contribution >= 4 is 28.0 Å². The number of anilines is 1. The minimum atomic E-state index is -0.563. The van der Waals surface area contributed by atoms with Gasteiger partial charge in [0.2, 0.25) is 5.13 Å². The largest absolute Gasteiger partial charge is 0.296 e. The highest BCUT2D eigenvalue weighted by atomic mass is 32.1. The molecule has 7 nitrogen and oxygen atoms in total. The Morgan fingerprint density at radius 2 is 1.84 bits per heavy atom. The van der Waals surface area contributed by atoms with Crippen LogP contribution in [0.15, 0.2) is 65.7 Å². The van der Waals surface area contributed by atoms with Crippen LogP contribution >= 0.6 is 11.3 Å². The lowest BCUT2D eigenvalue weighted by Gasteiger charge is -2.03. The molecule has 0 saturated carbocycles. The number of hydrogen-bond acceptors (Lipinski definition) is 6. The molecule has 1 amide bonds. The summed E-state index contributed by atoms with van der Waals surface area (Å²) in [6.07, 6.45) is 2.84. The normalized spacial score (nSPS) is 10.7. The van der Waals surface area contributed by atoms with Crippen LogP contribution in [0.1, 0.15) is 10.4 Å². The predicted molar refractivity (Wildman–Crippen MR) is 94.8 cm³/mol. The molecule has 4 rings (SSSR count). The first-order valence-corrected chi connectivity index (χ1v) is 8.21. The van der Waals surface area contributed by atoms with Gasteiger partial charge in [0.15, 0.2) is 0 Å². The molecule has 0 aliphatic carbocycles. The van der Waals surface area contributed by atoms with Crippen molar-refractivity contribution in [2.24, 2.45) is 0 Å². The summed E-state index contributed by atoms with van der Waals surface area (Å²) >= 11 is 1.24. The lowest BCUT2D eigenvalue weighted by atomic mass is 10.2. The van der Waals surface area contributed by atoms with Gasteiger partial charge in [0.05, 0.1) is 0 Å². The quantitative estimate of drug-likeness (QED) is 0.614. The Kier molecular flexibility index (Phi) is 3.79. The molecule has 122 valence electrons. The number of fused-ring (bicyclic) bond motifs is 1. The highest BCUT2D eigenvalue weighted by Gasteiger charge is 2.16. The number of carbonyl (C=O) groups is 1. The van der Waals surface area contributed by atoms with Crippen molar-refractivity contribution in [3.8, 4) is 10.6 Å². The molecular weight excluding hydrogens is 338 g/mol. The van der Waals surface area contributed by atoms with E-state index in [0.717, 1.165) is 5.56 Å². The van der Waals surface area contributed by atoms with Crippen LogP contribution in [0.25, 0.3) is 16.2 Å². The average Bonchev–Trinajstić information content (AvgIpc) is 3.11. The Balaban J connectivity index is 1.62. The molecule has 3 heterocycles. The molecule has 0 saturated heterocycles. The van der Waals surface area contributed by atoms with E-state index in [9.17, 15) is 9.59 Å². The Hall–Kier alpha value is -3.39. The highest BCUT2D eigenvalue weighted by Crippen LogP contribution is 2.25. The van der Waals surface area contributed by atoms with E-state index in [2.05, 4.69) is 20.5 Å². The summed E-state index contributed by atoms with van der Waals surface area (Å²) < 4.78 is 1.32. The molecule has 25 heavy (non-hydrogen) atoms. The zero-order chi connectivity index (χ0) is 17.2. The third-order valence-electron chi connectivity index (χ3n) is 3.52. The number of benzene rings is 1. The molecule has 3 aromatic heterocycles. The second kappa shape index (κ2) is 6.25. The standard InChI is InChI=1S/C17H11N5O2S/c23-14(12-10-18-13-8-4-5-9-22(13)16(12)24)19-17-21-20-15(25-17)11-6-2-1-3-7-11/h1-10H,(H,19,21,23). The van der Waals surface area contributed by atoms with E-state index in [4.69, 9.17) is 0 Å². The van der Waals surface area contributed by atoms with Gasteiger partial charge in [-0.25, -0.2) is 4.98 Å². The minimum absolute atomic E-state index is 0.0554. The van der Waals surface area contributed by atoms with Crippen LogP contribution in [0.5, 0.6) is 0 Å². The van der Waals surface area contributed by atoms with Gasteiger partial charge in [-0.3, -0.25) is 19.3 Å². The number of carbonyl (C=O) groups excluding carboxylic acids is 1. The van der Waals surface area contributed by atoms with Crippen molar-refractivity contribution in [3.63, 3.8) is 0 Å². The van der Waals surface area contributed by atoms with Crippen LogP contribution in [-0.2, 0) is 0 Å². The van der Waals surface area contributed by atoms with Gasteiger partial charge in [-0.2, -0.15) is 0 Å². The molecule has 4 aromatic rings. The van der Waals surface area contributed by atoms with Crippen molar-refractivity contribution in [2.75, 3.05) is 5.32 Å². The number of hydrogen-bond donors (Lipinski definition) is 1. The van der Waals surface area contributed by atoms with E-state index in [0.29, 0.717) is 15.8 Å². The summed E-state index contributed by atoms with van der Waals surface area (Å²) in [6, 6.07) is 14.7. The summed E-state index contributed by atoms with van der Waals surface area (Å²) in [6.45, 7) is 0. The molecule has 0 unspecified atom stereocenters. The Labute approximate surface area is 145 Å². The smallest absolute Gasteiger partial charge is 0.270 e. The topological polar surface area (TPSA) is 89.2 Å². The second-order valence-electron chi connectivity index (χ2n) is 5.14. The SMILES string of the molecule is O=C(Nc1nnc(-c2ccccc2)s1)c1cnc2ccccn2c1=O. The van der Waals surface area contributed by atoms with Crippen molar-refractivity contribution in [1.82, 2.24) is 19.6 Å². The predicted octanol–water partition coefficient (Wildman–Crippen LogP) is 2.47. The van der Waals surface area contributed by atoms with Crippen LogP contribution < -0.4 is 10.9 Å². The fraction of sp³-hybridized carbons (Fsp3) is 0. The highest BCUT2D eigenvalue weighted by molar-refractivity contribution is 7.18. The van der Waals surface area contributed by atoms with Crippen LogP contribution in [0, 0.1) is 0 Å². The lowest BCUT2D eigenvalue weighted by Crippen LogP contribution is -2.26.